The quantitative estimate of drug-likeness (QED) is 0.858. The number of benzene rings is 1. The molecule has 0 saturated carbocycles. The van der Waals surface area contributed by atoms with E-state index in [2.05, 4.69) is 23.6 Å². The molecule has 1 N–H and O–H groups in total. The Balaban J connectivity index is 2.57. The lowest BCUT2D eigenvalue weighted by molar-refractivity contribution is 0.592. The zero-order valence-electron chi connectivity index (χ0n) is 9.27. The molecule has 1 aromatic rings. The lowest BCUT2D eigenvalue weighted by atomic mass is 9.98. The third-order valence-corrected chi connectivity index (χ3v) is 4.19. The van der Waals surface area contributed by atoms with Crippen molar-refractivity contribution in [2.75, 3.05) is 0 Å². The summed E-state index contributed by atoms with van der Waals surface area (Å²) in [4.78, 5) is 4.27. The van der Waals surface area contributed by atoms with Gasteiger partial charge in [-0.25, -0.2) is 13.4 Å². The van der Waals surface area contributed by atoms with Crippen LogP contribution < -0.4 is 4.72 Å². The van der Waals surface area contributed by atoms with Crippen LogP contribution in [-0.2, 0) is 10.0 Å². The highest BCUT2D eigenvalue weighted by atomic mass is 32.2. The molecule has 5 heteroatoms. The minimum absolute atomic E-state index is 0.271. The Morgan fingerprint density at radius 1 is 1.44 bits per heavy atom. The summed E-state index contributed by atoms with van der Waals surface area (Å²) in [6, 6.07) is 5.40. The monoisotopic (exact) mass is 238 g/mol. The van der Waals surface area contributed by atoms with Crippen molar-refractivity contribution in [2.24, 2.45) is 4.99 Å². The first-order chi connectivity index (χ1) is 7.54. The number of nitrogens with zero attached hydrogens (tertiary/aromatic N) is 1. The maximum atomic E-state index is 11.7. The Morgan fingerprint density at radius 2 is 2.19 bits per heavy atom. The van der Waals surface area contributed by atoms with Gasteiger partial charge in [-0.3, -0.25) is 4.72 Å². The van der Waals surface area contributed by atoms with Gasteiger partial charge in [0.1, 0.15) is 11.2 Å². The molecule has 0 spiro atoms. The molecular formula is C11H14N2O2S. The van der Waals surface area contributed by atoms with Gasteiger partial charge in [-0.1, -0.05) is 19.9 Å². The molecule has 1 unspecified atom stereocenters. The van der Waals surface area contributed by atoms with Gasteiger partial charge in [0.2, 0.25) is 0 Å². The van der Waals surface area contributed by atoms with E-state index in [1.807, 2.05) is 6.07 Å². The first kappa shape index (κ1) is 11.1. The van der Waals surface area contributed by atoms with E-state index < -0.39 is 10.0 Å². The van der Waals surface area contributed by atoms with Crippen LogP contribution in [0, 0.1) is 0 Å². The molecule has 4 nitrogen and oxygen atoms in total. The number of hydrogen-bond acceptors (Lipinski definition) is 3. The normalized spacial score (nSPS) is 18.6. The van der Waals surface area contributed by atoms with Crippen molar-refractivity contribution in [3.05, 3.63) is 23.8 Å². The average Bonchev–Trinajstić information content (AvgIpc) is 2.27. The van der Waals surface area contributed by atoms with Crippen LogP contribution in [0.5, 0.6) is 0 Å². The zero-order chi connectivity index (χ0) is 11.8. The van der Waals surface area contributed by atoms with Gasteiger partial charge < -0.3 is 0 Å². The van der Waals surface area contributed by atoms with Crippen molar-refractivity contribution in [3.63, 3.8) is 0 Å². The molecule has 1 atom stereocenters. The minimum Gasteiger partial charge on any atom is -0.270 e. The van der Waals surface area contributed by atoms with Crippen LogP contribution in [0.3, 0.4) is 0 Å². The number of aliphatic imine (C=N–C) groups is 1. The van der Waals surface area contributed by atoms with Gasteiger partial charge in [0.15, 0.2) is 0 Å². The van der Waals surface area contributed by atoms with E-state index in [0.717, 1.165) is 12.0 Å². The molecule has 0 saturated heterocycles. The number of fused-ring (bicyclic) bond motifs is 1. The second kappa shape index (κ2) is 3.90. The van der Waals surface area contributed by atoms with Crippen molar-refractivity contribution < 1.29 is 8.42 Å². The molecule has 0 bridgehead atoms. The molecule has 0 aromatic heterocycles. The Kier molecular flexibility index (Phi) is 2.71. The second-order valence-electron chi connectivity index (χ2n) is 3.92. The summed E-state index contributed by atoms with van der Waals surface area (Å²) in [5, 5.41) is 0. The van der Waals surface area contributed by atoms with Gasteiger partial charge in [-0.15, -0.1) is 0 Å². The van der Waals surface area contributed by atoms with Crippen LogP contribution in [0.1, 0.15) is 31.7 Å². The van der Waals surface area contributed by atoms with Crippen molar-refractivity contribution in [2.45, 2.75) is 31.1 Å². The summed E-state index contributed by atoms with van der Waals surface area (Å²) in [7, 11) is -3.41. The predicted octanol–water partition coefficient (Wildman–Crippen LogP) is 2.15. The van der Waals surface area contributed by atoms with E-state index in [9.17, 15) is 8.42 Å². The Morgan fingerprint density at radius 3 is 2.88 bits per heavy atom. The molecule has 0 aliphatic carbocycles. The van der Waals surface area contributed by atoms with E-state index in [1.54, 1.807) is 12.1 Å². The molecule has 1 aliphatic heterocycles. The molecule has 86 valence electrons. The van der Waals surface area contributed by atoms with E-state index in [0.29, 0.717) is 11.6 Å². The third kappa shape index (κ3) is 1.82. The van der Waals surface area contributed by atoms with Crippen molar-refractivity contribution >= 4 is 22.0 Å². The Bertz CT molecular complexity index is 535. The Labute approximate surface area is 95.5 Å². The van der Waals surface area contributed by atoms with Crippen LogP contribution in [0.15, 0.2) is 28.1 Å². The number of rotatable bonds is 2. The minimum atomic E-state index is -3.41. The highest BCUT2D eigenvalue weighted by Crippen LogP contribution is 2.30. The molecule has 0 radical (unpaired) electrons. The summed E-state index contributed by atoms with van der Waals surface area (Å²) in [5.74, 6) is 0.353. The summed E-state index contributed by atoms with van der Waals surface area (Å²) in [6.07, 6.45) is 2.19. The van der Waals surface area contributed by atoms with Crippen LogP contribution in [0.25, 0.3) is 0 Å². The highest BCUT2D eigenvalue weighted by molar-refractivity contribution is 7.90. The zero-order valence-corrected chi connectivity index (χ0v) is 10.1. The van der Waals surface area contributed by atoms with Crippen LogP contribution in [0.2, 0.25) is 0 Å². The third-order valence-electron chi connectivity index (χ3n) is 2.87. The Hall–Kier alpha value is -1.36. The first-order valence-electron chi connectivity index (χ1n) is 5.23. The van der Waals surface area contributed by atoms with Gasteiger partial charge in [0.25, 0.3) is 10.0 Å². The topological polar surface area (TPSA) is 58.5 Å². The predicted molar refractivity (Wildman–Crippen MR) is 63.6 cm³/mol. The number of nitrogens with one attached hydrogen (secondary N) is 1. The maximum Gasteiger partial charge on any atom is 0.264 e. The SMILES string of the molecule is CCC(C)c1ccc2c(c1)S(=O)(=O)NC=N2. The molecule has 1 aromatic carbocycles. The van der Waals surface area contributed by atoms with Gasteiger partial charge in [0.05, 0.1) is 5.69 Å². The second-order valence-corrected chi connectivity index (χ2v) is 5.60. The average molecular weight is 238 g/mol. The van der Waals surface area contributed by atoms with Crippen molar-refractivity contribution in [1.29, 1.82) is 0 Å². The fourth-order valence-electron chi connectivity index (χ4n) is 1.62. The van der Waals surface area contributed by atoms with Crippen molar-refractivity contribution in [3.8, 4) is 0 Å². The standard InChI is InChI=1S/C11H14N2O2S/c1-3-8(2)9-4-5-10-11(6-9)16(14,15)13-7-12-10/h4-8H,3H2,1-2H3,(H,12,13). The van der Waals surface area contributed by atoms with Gasteiger partial charge in [0, 0.05) is 0 Å². The first-order valence-corrected chi connectivity index (χ1v) is 6.71. The molecular weight excluding hydrogens is 224 g/mol. The maximum absolute atomic E-state index is 11.7. The summed E-state index contributed by atoms with van der Waals surface area (Å²) in [6.45, 7) is 4.16. The van der Waals surface area contributed by atoms with Crippen LogP contribution in [-0.4, -0.2) is 14.8 Å². The fourth-order valence-corrected chi connectivity index (χ4v) is 2.63. The summed E-state index contributed by atoms with van der Waals surface area (Å²) in [5.41, 5.74) is 1.54. The molecule has 0 fully saturated rings. The summed E-state index contributed by atoms with van der Waals surface area (Å²) < 4.78 is 25.7. The highest BCUT2D eigenvalue weighted by Gasteiger charge is 2.21. The van der Waals surface area contributed by atoms with Crippen LogP contribution in [0.4, 0.5) is 5.69 Å². The van der Waals surface area contributed by atoms with E-state index in [4.69, 9.17) is 0 Å². The van der Waals surface area contributed by atoms with Gasteiger partial charge in [-0.05, 0) is 30.0 Å². The largest absolute Gasteiger partial charge is 0.270 e. The van der Waals surface area contributed by atoms with Gasteiger partial charge in [-0.2, -0.15) is 0 Å². The van der Waals surface area contributed by atoms with E-state index >= 15 is 0 Å². The molecule has 2 rings (SSSR count). The molecule has 16 heavy (non-hydrogen) atoms. The molecule has 0 amide bonds. The van der Waals surface area contributed by atoms with E-state index in [1.165, 1.54) is 6.34 Å². The van der Waals surface area contributed by atoms with Crippen LogP contribution >= 0.6 is 0 Å². The van der Waals surface area contributed by atoms with Crippen molar-refractivity contribution in [1.82, 2.24) is 4.72 Å². The van der Waals surface area contributed by atoms with E-state index in [-0.39, 0.29) is 4.90 Å². The fraction of sp³-hybridized carbons (Fsp3) is 0.364. The number of hydrogen-bond donors (Lipinski definition) is 1. The lowest BCUT2D eigenvalue weighted by Gasteiger charge is -2.15. The molecule has 1 heterocycles. The summed E-state index contributed by atoms with van der Waals surface area (Å²) >= 11 is 0. The smallest absolute Gasteiger partial charge is 0.264 e. The molecule has 1 aliphatic rings. The lowest BCUT2D eigenvalue weighted by Crippen LogP contribution is -2.25. The number of sulfonamides is 1. The van der Waals surface area contributed by atoms with Gasteiger partial charge >= 0.3 is 0 Å².